The molecular formula is C15H25NO3. The van der Waals surface area contributed by atoms with Crippen molar-refractivity contribution in [2.45, 2.75) is 62.6 Å². The van der Waals surface area contributed by atoms with E-state index in [9.17, 15) is 4.79 Å². The van der Waals surface area contributed by atoms with Gasteiger partial charge < -0.3 is 14.3 Å². The Morgan fingerprint density at radius 2 is 1.95 bits per heavy atom. The molecule has 3 saturated heterocycles. The third-order valence-electron chi connectivity index (χ3n) is 5.09. The van der Waals surface area contributed by atoms with Gasteiger partial charge in [-0.2, -0.15) is 0 Å². The molecule has 0 aromatic carbocycles. The molecule has 0 radical (unpaired) electrons. The minimum atomic E-state index is 0.0338. The van der Waals surface area contributed by atoms with Crippen LogP contribution in [0.1, 0.15) is 44.9 Å². The molecule has 19 heavy (non-hydrogen) atoms. The Labute approximate surface area is 115 Å². The van der Waals surface area contributed by atoms with Crippen LogP contribution in [0.5, 0.6) is 0 Å². The van der Waals surface area contributed by atoms with Crippen molar-refractivity contribution in [2.24, 2.45) is 0 Å². The summed E-state index contributed by atoms with van der Waals surface area (Å²) >= 11 is 0. The highest BCUT2D eigenvalue weighted by Crippen LogP contribution is 2.37. The van der Waals surface area contributed by atoms with Gasteiger partial charge in [0.1, 0.15) is 6.29 Å². The van der Waals surface area contributed by atoms with E-state index in [0.717, 1.165) is 64.8 Å². The topological polar surface area (TPSA) is 38.8 Å². The zero-order valence-corrected chi connectivity index (χ0v) is 11.7. The number of piperidine rings is 1. The second-order valence-electron chi connectivity index (χ2n) is 6.23. The van der Waals surface area contributed by atoms with E-state index in [2.05, 4.69) is 4.90 Å². The van der Waals surface area contributed by atoms with Gasteiger partial charge in [-0.05, 0) is 45.1 Å². The largest absolute Gasteiger partial charge is 0.381 e. The van der Waals surface area contributed by atoms with Crippen LogP contribution in [0.25, 0.3) is 0 Å². The zero-order chi connectivity index (χ0) is 13.1. The molecule has 3 fully saturated rings. The van der Waals surface area contributed by atoms with Gasteiger partial charge in [0.25, 0.3) is 0 Å². The molecule has 108 valence electrons. The van der Waals surface area contributed by atoms with Gasteiger partial charge in [-0.25, -0.2) is 0 Å². The number of ether oxygens (including phenoxy) is 2. The SMILES string of the molecule is O=CC1CCCCN1C1CCOC2(CCOCC2)C1. The lowest BCUT2D eigenvalue weighted by Gasteiger charge is -2.48. The summed E-state index contributed by atoms with van der Waals surface area (Å²) in [5.41, 5.74) is 0.0338. The molecule has 4 heteroatoms. The van der Waals surface area contributed by atoms with Gasteiger partial charge in [0.05, 0.1) is 11.6 Å². The molecule has 3 aliphatic heterocycles. The summed E-state index contributed by atoms with van der Waals surface area (Å²) in [4.78, 5) is 13.7. The second-order valence-corrected chi connectivity index (χ2v) is 6.23. The molecule has 0 N–H and O–H groups in total. The lowest BCUT2D eigenvalue weighted by molar-refractivity contribution is -0.156. The summed E-state index contributed by atoms with van der Waals surface area (Å²) in [6.45, 7) is 3.57. The Morgan fingerprint density at radius 1 is 1.11 bits per heavy atom. The fraction of sp³-hybridized carbons (Fsp3) is 0.933. The van der Waals surface area contributed by atoms with Gasteiger partial charge in [-0.3, -0.25) is 4.90 Å². The Balaban J connectivity index is 1.68. The summed E-state index contributed by atoms with van der Waals surface area (Å²) in [6, 6.07) is 0.677. The fourth-order valence-electron chi connectivity index (χ4n) is 3.96. The minimum absolute atomic E-state index is 0.0338. The Morgan fingerprint density at radius 3 is 2.74 bits per heavy atom. The first-order chi connectivity index (χ1) is 9.33. The van der Waals surface area contributed by atoms with Crippen LogP contribution in [-0.4, -0.2) is 55.2 Å². The van der Waals surface area contributed by atoms with Gasteiger partial charge in [-0.1, -0.05) is 6.42 Å². The summed E-state index contributed by atoms with van der Waals surface area (Å²) < 4.78 is 11.6. The number of likely N-dealkylation sites (tertiary alicyclic amines) is 1. The molecular weight excluding hydrogens is 242 g/mol. The van der Waals surface area contributed by atoms with Gasteiger partial charge in [0, 0.05) is 25.9 Å². The number of aldehydes is 1. The van der Waals surface area contributed by atoms with Gasteiger partial charge >= 0.3 is 0 Å². The van der Waals surface area contributed by atoms with Crippen LogP contribution in [0.15, 0.2) is 0 Å². The van der Waals surface area contributed by atoms with E-state index in [1.54, 1.807) is 0 Å². The predicted molar refractivity (Wildman–Crippen MR) is 72.2 cm³/mol. The van der Waals surface area contributed by atoms with Crippen LogP contribution in [0.2, 0.25) is 0 Å². The maximum absolute atomic E-state index is 11.3. The van der Waals surface area contributed by atoms with Gasteiger partial charge in [0.15, 0.2) is 0 Å². The number of rotatable bonds is 2. The predicted octanol–water partition coefficient (Wildman–Crippen LogP) is 1.77. The third kappa shape index (κ3) is 2.86. The molecule has 3 heterocycles. The van der Waals surface area contributed by atoms with Crippen molar-refractivity contribution in [3.63, 3.8) is 0 Å². The van der Waals surface area contributed by atoms with Gasteiger partial charge in [0.2, 0.25) is 0 Å². The van der Waals surface area contributed by atoms with Crippen molar-refractivity contribution < 1.29 is 14.3 Å². The first-order valence-corrected chi connectivity index (χ1v) is 7.76. The van der Waals surface area contributed by atoms with E-state index in [0.29, 0.717) is 6.04 Å². The normalized spacial score (nSPS) is 36.2. The van der Waals surface area contributed by atoms with E-state index >= 15 is 0 Å². The molecule has 0 aliphatic carbocycles. The molecule has 0 aromatic heterocycles. The first kappa shape index (κ1) is 13.5. The van der Waals surface area contributed by atoms with Crippen LogP contribution >= 0.6 is 0 Å². The Hall–Kier alpha value is -0.450. The average Bonchev–Trinajstić information content (AvgIpc) is 2.48. The van der Waals surface area contributed by atoms with Crippen molar-refractivity contribution in [2.75, 3.05) is 26.4 Å². The van der Waals surface area contributed by atoms with Crippen molar-refractivity contribution in [1.82, 2.24) is 4.90 Å². The van der Waals surface area contributed by atoms with E-state index in [4.69, 9.17) is 9.47 Å². The maximum atomic E-state index is 11.3. The van der Waals surface area contributed by atoms with Crippen LogP contribution in [0.4, 0.5) is 0 Å². The average molecular weight is 267 g/mol. The minimum Gasteiger partial charge on any atom is -0.381 e. The van der Waals surface area contributed by atoms with Crippen LogP contribution in [0.3, 0.4) is 0 Å². The maximum Gasteiger partial charge on any atom is 0.137 e. The highest BCUT2D eigenvalue weighted by atomic mass is 16.5. The van der Waals surface area contributed by atoms with Crippen molar-refractivity contribution in [3.8, 4) is 0 Å². The lowest BCUT2D eigenvalue weighted by atomic mass is 9.82. The standard InChI is InChI=1S/C15H25NO3/c17-12-14-3-1-2-7-16(14)13-4-8-19-15(11-13)5-9-18-10-6-15/h12-14H,1-11H2. The van der Waals surface area contributed by atoms with Crippen molar-refractivity contribution in [1.29, 1.82) is 0 Å². The van der Waals surface area contributed by atoms with Crippen LogP contribution < -0.4 is 0 Å². The number of hydrogen-bond acceptors (Lipinski definition) is 4. The Bertz CT molecular complexity index is 309. The van der Waals surface area contributed by atoms with Crippen LogP contribution in [0, 0.1) is 0 Å². The molecule has 3 aliphatic rings. The lowest BCUT2D eigenvalue weighted by Crippen LogP contribution is -2.55. The summed E-state index contributed by atoms with van der Waals surface area (Å²) in [7, 11) is 0. The van der Waals surface area contributed by atoms with E-state index in [1.165, 1.54) is 12.8 Å². The number of carbonyl (C=O) groups is 1. The zero-order valence-electron chi connectivity index (χ0n) is 11.7. The smallest absolute Gasteiger partial charge is 0.137 e. The first-order valence-electron chi connectivity index (χ1n) is 7.76. The summed E-state index contributed by atoms with van der Waals surface area (Å²) in [5.74, 6) is 0. The molecule has 0 bridgehead atoms. The summed E-state index contributed by atoms with van der Waals surface area (Å²) in [6.07, 6.45) is 8.82. The molecule has 4 nitrogen and oxygen atoms in total. The van der Waals surface area contributed by atoms with E-state index < -0.39 is 0 Å². The molecule has 3 rings (SSSR count). The number of carbonyl (C=O) groups excluding carboxylic acids is 1. The molecule has 1 spiro atoms. The van der Waals surface area contributed by atoms with Crippen molar-refractivity contribution in [3.05, 3.63) is 0 Å². The molecule has 2 unspecified atom stereocenters. The number of nitrogens with zero attached hydrogens (tertiary/aromatic N) is 1. The van der Waals surface area contributed by atoms with E-state index in [-0.39, 0.29) is 11.6 Å². The monoisotopic (exact) mass is 267 g/mol. The van der Waals surface area contributed by atoms with E-state index in [1.807, 2.05) is 0 Å². The Kier molecular flexibility index (Phi) is 4.20. The molecule has 2 atom stereocenters. The highest BCUT2D eigenvalue weighted by Gasteiger charge is 2.42. The van der Waals surface area contributed by atoms with Crippen LogP contribution in [-0.2, 0) is 14.3 Å². The molecule has 0 saturated carbocycles. The third-order valence-corrected chi connectivity index (χ3v) is 5.09. The second kappa shape index (κ2) is 5.90. The fourth-order valence-corrected chi connectivity index (χ4v) is 3.96. The molecule has 0 amide bonds. The number of hydrogen-bond donors (Lipinski definition) is 0. The summed E-state index contributed by atoms with van der Waals surface area (Å²) in [5, 5.41) is 0. The van der Waals surface area contributed by atoms with Crippen molar-refractivity contribution >= 4 is 6.29 Å². The quantitative estimate of drug-likeness (QED) is 0.715. The van der Waals surface area contributed by atoms with Gasteiger partial charge in [-0.15, -0.1) is 0 Å². The molecule has 0 aromatic rings. The highest BCUT2D eigenvalue weighted by molar-refractivity contribution is 5.57.